The fourth-order valence-corrected chi connectivity index (χ4v) is 4.64. The van der Waals surface area contributed by atoms with Gasteiger partial charge in [-0.15, -0.1) is 0 Å². The molecule has 200 valence electrons. The van der Waals surface area contributed by atoms with Gasteiger partial charge in [-0.1, -0.05) is 74.1 Å². The Morgan fingerprint density at radius 2 is 1.38 bits per heavy atom. The Morgan fingerprint density at radius 3 is 1.89 bits per heavy atom. The van der Waals surface area contributed by atoms with E-state index >= 15 is 0 Å². The van der Waals surface area contributed by atoms with Crippen LogP contribution in [0.25, 0.3) is 11.6 Å². The molecule has 0 saturated heterocycles. The molecule has 0 saturated carbocycles. The Bertz CT molecular complexity index is 1270. The van der Waals surface area contributed by atoms with Crippen molar-refractivity contribution in [1.82, 2.24) is 0 Å². The van der Waals surface area contributed by atoms with E-state index in [1.165, 1.54) is 38.5 Å². The number of ether oxygens (including phenoxy) is 1. The van der Waals surface area contributed by atoms with E-state index in [-0.39, 0.29) is 32.8 Å². The number of unbranched alkanes of at least 4 members (excludes halogenated alkanes) is 5. The van der Waals surface area contributed by atoms with Gasteiger partial charge in [0.2, 0.25) is 10.9 Å². The highest BCUT2D eigenvalue weighted by Gasteiger charge is 2.31. The molecule has 0 radical (unpaired) electrons. The molecule has 1 aliphatic rings. The van der Waals surface area contributed by atoms with Crippen LogP contribution in [0.3, 0.4) is 0 Å². The second kappa shape index (κ2) is 11.8. The molecule has 4 nitrogen and oxygen atoms in total. The van der Waals surface area contributed by atoms with Gasteiger partial charge in [0.15, 0.2) is 12.4 Å². The summed E-state index contributed by atoms with van der Waals surface area (Å²) in [5.41, 5.74) is 1.01. The Balaban J connectivity index is 1.84. The molecule has 0 aliphatic carbocycles. The zero-order valence-corrected chi connectivity index (χ0v) is 24.2. The predicted molar refractivity (Wildman–Crippen MR) is 153 cm³/mol. The first-order chi connectivity index (χ1) is 17.3. The van der Waals surface area contributed by atoms with Gasteiger partial charge in [0, 0.05) is 35.3 Å². The van der Waals surface area contributed by atoms with Crippen molar-refractivity contribution in [1.29, 1.82) is 0 Å². The maximum absolute atomic E-state index is 13.1. The van der Waals surface area contributed by atoms with E-state index in [1.807, 2.05) is 31.5 Å². The highest BCUT2D eigenvalue weighted by Crippen LogP contribution is 2.40. The second-order valence-electron chi connectivity index (χ2n) is 12.6. The molecule has 2 aromatic rings. The van der Waals surface area contributed by atoms with Gasteiger partial charge >= 0.3 is 0 Å². The van der Waals surface area contributed by atoms with Gasteiger partial charge in [0.25, 0.3) is 0 Å². The fraction of sp³-hybridized carbons (Fsp3) is 0.545. The summed E-state index contributed by atoms with van der Waals surface area (Å²) in [5.74, 6) is 1.61. The summed E-state index contributed by atoms with van der Waals surface area (Å²) in [4.78, 5) is 26.2. The number of pyridine rings is 1. The fourth-order valence-electron chi connectivity index (χ4n) is 4.64. The lowest BCUT2D eigenvalue weighted by atomic mass is 9.83. The number of rotatable bonds is 9. The largest absolute Gasteiger partial charge is 0.466 e. The van der Waals surface area contributed by atoms with Gasteiger partial charge in [-0.05, 0) is 42.7 Å². The summed E-state index contributed by atoms with van der Waals surface area (Å²) in [6, 6.07) is 3.96. The Labute approximate surface area is 222 Å². The van der Waals surface area contributed by atoms with E-state index in [2.05, 4.69) is 65.2 Å². The van der Waals surface area contributed by atoms with Gasteiger partial charge in [0.1, 0.15) is 18.1 Å². The molecule has 37 heavy (non-hydrogen) atoms. The summed E-state index contributed by atoms with van der Waals surface area (Å²) >= 11 is 0. The zero-order valence-electron chi connectivity index (χ0n) is 24.2. The number of hydrogen-bond acceptors (Lipinski definition) is 3. The van der Waals surface area contributed by atoms with Crippen molar-refractivity contribution in [2.45, 2.75) is 100 Å². The van der Waals surface area contributed by atoms with Crippen LogP contribution in [0, 0.1) is 16.7 Å². The molecule has 0 bridgehead atoms. The van der Waals surface area contributed by atoms with E-state index in [4.69, 9.17) is 4.74 Å². The van der Waals surface area contributed by atoms with Crippen LogP contribution in [0.1, 0.15) is 99.5 Å². The van der Waals surface area contributed by atoms with Crippen molar-refractivity contribution in [3.8, 4) is 0 Å². The zero-order chi connectivity index (χ0) is 27.4. The first-order valence-corrected chi connectivity index (χ1v) is 14.0. The van der Waals surface area contributed by atoms with Crippen LogP contribution in [0.2, 0.25) is 0 Å². The highest BCUT2D eigenvalue weighted by atomic mass is 16.5. The number of hydrogen-bond donors (Lipinski definition) is 0. The minimum absolute atomic E-state index is 0.140. The number of allylic oxidation sites excluding steroid dienone is 4. The van der Waals surface area contributed by atoms with Gasteiger partial charge in [-0.3, -0.25) is 9.59 Å². The second-order valence-corrected chi connectivity index (χ2v) is 12.6. The smallest absolute Gasteiger partial charge is 0.200 e. The molecule has 0 unspecified atom stereocenters. The molecule has 0 amide bonds. The van der Waals surface area contributed by atoms with E-state index < -0.39 is 0 Å². The van der Waals surface area contributed by atoms with Crippen LogP contribution >= 0.6 is 0 Å². The molecular weight excluding hydrogens is 458 g/mol. The topological polar surface area (TPSA) is 47.2 Å². The van der Waals surface area contributed by atoms with Crippen LogP contribution < -0.4 is 25.9 Å². The predicted octanol–water partition coefficient (Wildman–Crippen LogP) is 5.44. The molecule has 0 N–H and O–H groups in total. The van der Waals surface area contributed by atoms with Gasteiger partial charge < -0.3 is 4.74 Å². The molecule has 1 aromatic carbocycles. The highest BCUT2D eigenvalue weighted by molar-refractivity contribution is 5.56. The van der Waals surface area contributed by atoms with Crippen LogP contribution in [-0.2, 0) is 11.3 Å². The van der Waals surface area contributed by atoms with E-state index in [0.717, 1.165) is 29.2 Å². The standard InChI is InChI=1S/C33H46NO3/c1-9-10-11-12-13-14-17-34-18-15-24(16-19-34)20-26-30(35)29(31(26)36)23(2)25-21-27(32(3,4)5)37-28(22-25)33(6,7)8/h15-16,18-22,25H,9-14,17H2,1-8H3/q+1. The van der Waals surface area contributed by atoms with Crippen molar-refractivity contribution in [3.05, 3.63) is 84.6 Å². The lowest BCUT2D eigenvalue weighted by Gasteiger charge is -2.34. The van der Waals surface area contributed by atoms with Gasteiger partial charge in [-0.25, -0.2) is 4.57 Å². The third-order valence-electron chi connectivity index (χ3n) is 7.20. The molecule has 1 aliphatic heterocycles. The first kappa shape index (κ1) is 28.8. The summed E-state index contributed by atoms with van der Waals surface area (Å²) in [5, 5.41) is 0.594. The van der Waals surface area contributed by atoms with Crippen LogP contribution in [0.15, 0.2) is 57.8 Å². The third kappa shape index (κ3) is 7.18. The first-order valence-electron chi connectivity index (χ1n) is 14.0. The number of aryl methyl sites for hydroxylation is 1. The summed E-state index contributed by atoms with van der Waals surface area (Å²) < 4.78 is 8.43. The third-order valence-corrected chi connectivity index (χ3v) is 7.20. The van der Waals surface area contributed by atoms with Crippen molar-refractivity contribution in [2.75, 3.05) is 0 Å². The molecule has 0 spiro atoms. The van der Waals surface area contributed by atoms with E-state index in [9.17, 15) is 9.59 Å². The van der Waals surface area contributed by atoms with E-state index in [0.29, 0.717) is 5.22 Å². The van der Waals surface area contributed by atoms with Crippen LogP contribution in [0.4, 0.5) is 0 Å². The monoisotopic (exact) mass is 504 g/mol. The normalized spacial score (nSPS) is 14.8. The minimum atomic E-state index is -0.175. The molecule has 0 fully saturated rings. The molecular formula is C33H46NO3+. The van der Waals surface area contributed by atoms with Crippen molar-refractivity contribution >= 4 is 11.6 Å². The Morgan fingerprint density at radius 1 is 0.865 bits per heavy atom. The SMILES string of the molecule is CCCCCCCC[n+]1ccc(C=c2c(=O)c(=C(C)C3C=C(C(C)(C)C)OC(C(C)(C)C)=C3)c2=O)cc1. The van der Waals surface area contributed by atoms with Crippen molar-refractivity contribution in [3.63, 3.8) is 0 Å². The van der Waals surface area contributed by atoms with Crippen molar-refractivity contribution in [2.24, 2.45) is 16.7 Å². The summed E-state index contributed by atoms with van der Waals surface area (Å²) in [6.45, 7) is 17.8. The van der Waals surface area contributed by atoms with Crippen molar-refractivity contribution < 1.29 is 9.30 Å². The Hall–Kier alpha value is -2.75. The molecule has 4 heteroatoms. The average molecular weight is 505 g/mol. The molecule has 1 aromatic heterocycles. The van der Waals surface area contributed by atoms with E-state index in [1.54, 1.807) is 6.08 Å². The molecule has 0 atom stereocenters. The van der Waals surface area contributed by atoms with Gasteiger partial charge in [0.05, 0.1) is 10.4 Å². The summed E-state index contributed by atoms with van der Waals surface area (Å²) in [7, 11) is 0. The van der Waals surface area contributed by atoms with Crippen LogP contribution in [-0.4, -0.2) is 0 Å². The van der Waals surface area contributed by atoms with Crippen LogP contribution in [0.5, 0.6) is 0 Å². The Kier molecular flexibility index (Phi) is 9.15. The average Bonchev–Trinajstić information content (AvgIpc) is 2.84. The maximum Gasteiger partial charge on any atom is 0.200 e. The number of nitrogens with zero attached hydrogens (tertiary/aromatic N) is 1. The quantitative estimate of drug-likeness (QED) is 0.338. The number of aromatic nitrogens is 1. The lowest BCUT2D eigenvalue weighted by Crippen LogP contribution is -2.65. The van der Waals surface area contributed by atoms with Gasteiger partial charge in [-0.2, -0.15) is 0 Å². The molecule has 2 heterocycles. The maximum atomic E-state index is 13.1. The summed E-state index contributed by atoms with van der Waals surface area (Å²) in [6.07, 6.45) is 17.5. The lowest BCUT2D eigenvalue weighted by molar-refractivity contribution is -0.697. The molecule has 3 rings (SSSR count). The minimum Gasteiger partial charge on any atom is -0.466 e.